The zero-order valence-electron chi connectivity index (χ0n) is 10.6. The van der Waals surface area contributed by atoms with Crippen molar-refractivity contribution in [1.82, 2.24) is 0 Å². The maximum Gasteiger partial charge on any atom is 0.119 e. The van der Waals surface area contributed by atoms with E-state index in [1.54, 1.807) is 7.11 Å². The Labute approximate surface area is 98.0 Å². The molecule has 1 aromatic rings. The SMILES string of the molecule is COc1ccc(NC(C)C2(C)CC2)c(C)c1. The summed E-state index contributed by atoms with van der Waals surface area (Å²) >= 11 is 0. The zero-order chi connectivity index (χ0) is 11.8. The molecule has 0 heterocycles. The molecule has 1 saturated carbocycles. The van der Waals surface area contributed by atoms with Crippen LogP contribution in [0, 0.1) is 12.3 Å². The highest BCUT2D eigenvalue weighted by molar-refractivity contribution is 5.54. The monoisotopic (exact) mass is 219 g/mol. The van der Waals surface area contributed by atoms with Crippen LogP contribution in [0.25, 0.3) is 0 Å². The van der Waals surface area contributed by atoms with Crippen molar-refractivity contribution in [2.45, 2.75) is 39.7 Å². The van der Waals surface area contributed by atoms with Gasteiger partial charge < -0.3 is 10.1 Å². The number of aryl methyl sites for hydroxylation is 1. The molecule has 2 rings (SSSR count). The van der Waals surface area contributed by atoms with Crippen molar-refractivity contribution in [2.75, 3.05) is 12.4 Å². The Morgan fingerprint density at radius 2 is 2.06 bits per heavy atom. The first-order valence-corrected chi connectivity index (χ1v) is 5.96. The summed E-state index contributed by atoms with van der Waals surface area (Å²) in [4.78, 5) is 0. The molecule has 1 N–H and O–H groups in total. The maximum atomic E-state index is 5.21. The van der Waals surface area contributed by atoms with E-state index in [2.05, 4.69) is 38.2 Å². The summed E-state index contributed by atoms with van der Waals surface area (Å²) in [5, 5.41) is 3.61. The normalized spacial score (nSPS) is 19.0. The third-order valence-electron chi connectivity index (χ3n) is 3.89. The van der Waals surface area contributed by atoms with Crippen LogP contribution in [0.15, 0.2) is 18.2 Å². The molecule has 2 nitrogen and oxygen atoms in total. The molecule has 0 bridgehead atoms. The van der Waals surface area contributed by atoms with Crippen molar-refractivity contribution in [3.05, 3.63) is 23.8 Å². The van der Waals surface area contributed by atoms with E-state index in [1.165, 1.54) is 24.1 Å². The second-order valence-corrected chi connectivity index (χ2v) is 5.20. The van der Waals surface area contributed by atoms with Crippen LogP contribution in [-0.4, -0.2) is 13.2 Å². The van der Waals surface area contributed by atoms with Crippen LogP contribution in [0.2, 0.25) is 0 Å². The van der Waals surface area contributed by atoms with Gasteiger partial charge in [0.1, 0.15) is 5.75 Å². The molecule has 1 unspecified atom stereocenters. The minimum absolute atomic E-state index is 0.506. The molecule has 2 heteroatoms. The number of benzene rings is 1. The van der Waals surface area contributed by atoms with Gasteiger partial charge in [-0.25, -0.2) is 0 Å². The quantitative estimate of drug-likeness (QED) is 0.835. The average Bonchev–Trinajstić information content (AvgIpc) is 3.01. The molecule has 1 aliphatic carbocycles. The van der Waals surface area contributed by atoms with E-state index in [0.717, 1.165) is 5.75 Å². The zero-order valence-corrected chi connectivity index (χ0v) is 10.6. The van der Waals surface area contributed by atoms with Gasteiger partial charge in [-0.05, 0) is 55.9 Å². The first-order valence-electron chi connectivity index (χ1n) is 5.96. The van der Waals surface area contributed by atoms with Crippen molar-refractivity contribution in [3.8, 4) is 5.75 Å². The summed E-state index contributed by atoms with van der Waals surface area (Å²) in [7, 11) is 1.70. The van der Waals surface area contributed by atoms with Gasteiger partial charge in [-0.1, -0.05) is 6.92 Å². The predicted octanol–water partition coefficient (Wildman–Crippen LogP) is 3.60. The Hall–Kier alpha value is -1.18. The van der Waals surface area contributed by atoms with Crippen LogP contribution in [0.3, 0.4) is 0 Å². The Bertz CT molecular complexity index is 382. The molecule has 0 spiro atoms. The van der Waals surface area contributed by atoms with Gasteiger partial charge in [-0.3, -0.25) is 0 Å². The molecule has 1 atom stereocenters. The van der Waals surface area contributed by atoms with Crippen LogP contribution >= 0.6 is 0 Å². The molecule has 0 aromatic heterocycles. The van der Waals surface area contributed by atoms with E-state index in [9.17, 15) is 0 Å². The lowest BCUT2D eigenvalue weighted by Crippen LogP contribution is -2.25. The van der Waals surface area contributed by atoms with E-state index in [4.69, 9.17) is 4.74 Å². The predicted molar refractivity (Wildman–Crippen MR) is 68.2 cm³/mol. The van der Waals surface area contributed by atoms with E-state index >= 15 is 0 Å². The van der Waals surface area contributed by atoms with Crippen LogP contribution in [0.1, 0.15) is 32.3 Å². The van der Waals surface area contributed by atoms with E-state index in [1.807, 2.05) is 6.07 Å². The van der Waals surface area contributed by atoms with Crippen molar-refractivity contribution in [2.24, 2.45) is 5.41 Å². The molecule has 1 aliphatic rings. The molecule has 0 aliphatic heterocycles. The molecular weight excluding hydrogens is 198 g/mol. The Balaban J connectivity index is 2.09. The summed E-state index contributed by atoms with van der Waals surface area (Å²) in [5.41, 5.74) is 2.98. The first-order chi connectivity index (χ1) is 7.55. The molecule has 1 fully saturated rings. The van der Waals surface area contributed by atoms with E-state index in [0.29, 0.717) is 11.5 Å². The van der Waals surface area contributed by atoms with Gasteiger partial charge in [0.2, 0.25) is 0 Å². The molecule has 1 aromatic carbocycles. The standard InChI is InChI=1S/C14H21NO/c1-10-9-12(16-4)5-6-13(10)15-11(2)14(3)7-8-14/h5-6,9,11,15H,7-8H2,1-4H3. The van der Waals surface area contributed by atoms with Gasteiger partial charge in [-0.2, -0.15) is 0 Å². The molecule has 0 amide bonds. The minimum Gasteiger partial charge on any atom is -0.497 e. The average molecular weight is 219 g/mol. The number of ether oxygens (including phenoxy) is 1. The van der Waals surface area contributed by atoms with Crippen molar-refractivity contribution >= 4 is 5.69 Å². The number of hydrogen-bond acceptors (Lipinski definition) is 2. The second kappa shape index (κ2) is 4.00. The van der Waals surface area contributed by atoms with Gasteiger partial charge in [0.05, 0.1) is 7.11 Å². The highest BCUT2D eigenvalue weighted by atomic mass is 16.5. The highest BCUT2D eigenvalue weighted by Gasteiger charge is 2.42. The summed E-state index contributed by atoms with van der Waals surface area (Å²) in [6, 6.07) is 6.73. The minimum atomic E-state index is 0.506. The smallest absolute Gasteiger partial charge is 0.119 e. The topological polar surface area (TPSA) is 21.3 Å². The third kappa shape index (κ3) is 2.16. The summed E-state index contributed by atoms with van der Waals surface area (Å²) in [6.07, 6.45) is 2.69. The maximum absolute atomic E-state index is 5.21. The Morgan fingerprint density at radius 3 is 2.56 bits per heavy atom. The fraction of sp³-hybridized carbons (Fsp3) is 0.571. The molecule has 16 heavy (non-hydrogen) atoms. The fourth-order valence-corrected chi connectivity index (χ4v) is 1.96. The third-order valence-corrected chi connectivity index (χ3v) is 3.89. The summed E-state index contributed by atoms with van der Waals surface area (Å²) in [6.45, 7) is 6.74. The number of anilines is 1. The van der Waals surface area contributed by atoms with Crippen LogP contribution in [0.5, 0.6) is 5.75 Å². The summed E-state index contributed by atoms with van der Waals surface area (Å²) < 4.78 is 5.21. The molecule has 0 radical (unpaired) electrons. The highest BCUT2D eigenvalue weighted by Crippen LogP contribution is 2.49. The second-order valence-electron chi connectivity index (χ2n) is 5.20. The van der Waals surface area contributed by atoms with Crippen molar-refractivity contribution in [1.29, 1.82) is 0 Å². The molecular formula is C14H21NO. The lowest BCUT2D eigenvalue weighted by atomic mass is 10.00. The Morgan fingerprint density at radius 1 is 1.38 bits per heavy atom. The van der Waals surface area contributed by atoms with Crippen LogP contribution in [0.4, 0.5) is 5.69 Å². The van der Waals surface area contributed by atoms with Crippen LogP contribution in [-0.2, 0) is 0 Å². The first kappa shape index (κ1) is 11.3. The lowest BCUT2D eigenvalue weighted by molar-refractivity contribution is 0.414. The summed E-state index contributed by atoms with van der Waals surface area (Å²) in [5.74, 6) is 0.924. The number of hydrogen-bond donors (Lipinski definition) is 1. The number of rotatable bonds is 4. The van der Waals surface area contributed by atoms with Gasteiger partial charge in [0, 0.05) is 11.7 Å². The number of nitrogens with one attached hydrogen (secondary N) is 1. The Kier molecular flexibility index (Phi) is 2.83. The van der Waals surface area contributed by atoms with Gasteiger partial charge in [-0.15, -0.1) is 0 Å². The van der Waals surface area contributed by atoms with E-state index < -0.39 is 0 Å². The molecule has 0 saturated heterocycles. The van der Waals surface area contributed by atoms with Gasteiger partial charge >= 0.3 is 0 Å². The fourth-order valence-electron chi connectivity index (χ4n) is 1.96. The number of methoxy groups -OCH3 is 1. The van der Waals surface area contributed by atoms with Crippen LogP contribution < -0.4 is 10.1 Å². The van der Waals surface area contributed by atoms with Crippen molar-refractivity contribution in [3.63, 3.8) is 0 Å². The van der Waals surface area contributed by atoms with E-state index in [-0.39, 0.29) is 0 Å². The largest absolute Gasteiger partial charge is 0.497 e. The van der Waals surface area contributed by atoms with Gasteiger partial charge in [0.15, 0.2) is 0 Å². The van der Waals surface area contributed by atoms with Crippen molar-refractivity contribution < 1.29 is 4.74 Å². The lowest BCUT2D eigenvalue weighted by Gasteiger charge is -2.23. The van der Waals surface area contributed by atoms with Gasteiger partial charge in [0.25, 0.3) is 0 Å². The molecule has 88 valence electrons.